The number of hydrogen-bond donors (Lipinski definition) is 1. The summed E-state index contributed by atoms with van der Waals surface area (Å²) in [7, 11) is 1.63. The van der Waals surface area contributed by atoms with E-state index < -0.39 is 0 Å². The smallest absolute Gasteiger partial charge is 0.109 e. The molecule has 4 heteroatoms. The van der Waals surface area contributed by atoms with Crippen LogP contribution >= 0.6 is 22.5 Å². The predicted octanol–water partition coefficient (Wildman–Crippen LogP) is 1.39. The van der Waals surface area contributed by atoms with Gasteiger partial charge in [-0.05, 0) is 0 Å². The first-order chi connectivity index (χ1) is 4.90. The van der Waals surface area contributed by atoms with Gasteiger partial charge in [-0.3, -0.25) is 0 Å². The molecule has 2 heterocycles. The summed E-state index contributed by atoms with van der Waals surface area (Å²) in [6.07, 6.45) is 4.95. The van der Waals surface area contributed by atoms with Gasteiger partial charge in [-0.15, -0.1) is 11.7 Å². The molecular formula is C6H8N2S2. The van der Waals surface area contributed by atoms with Gasteiger partial charge in [-0.2, -0.15) is 0 Å². The van der Waals surface area contributed by atoms with Gasteiger partial charge in [-0.1, -0.05) is 10.8 Å². The number of aromatic nitrogens is 2. The van der Waals surface area contributed by atoms with Crippen molar-refractivity contribution in [3.63, 3.8) is 0 Å². The molecule has 0 aliphatic carbocycles. The van der Waals surface area contributed by atoms with E-state index in [1.54, 1.807) is 10.8 Å². The minimum Gasteiger partial charge on any atom is -0.334 e. The summed E-state index contributed by atoms with van der Waals surface area (Å²) in [4.78, 5) is 4.21. The van der Waals surface area contributed by atoms with Gasteiger partial charge in [0.05, 0.1) is 0 Å². The van der Waals surface area contributed by atoms with Crippen molar-refractivity contribution in [1.82, 2.24) is 9.55 Å². The van der Waals surface area contributed by atoms with Crippen LogP contribution in [0.5, 0.6) is 0 Å². The maximum absolute atomic E-state index is 4.21. The lowest BCUT2D eigenvalue weighted by atomic mass is 10.3. The Morgan fingerprint density at radius 1 is 1.80 bits per heavy atom. The van der Waals surface area contributed by atoms with Gasteiger partial charge < -0.3 is 4.57 Å². The highest BCUT2D eigenvalue weighted by atomic mass is 33.1. The van der Waals surface area contributed by atoms with Crippen LogP contribution in [-0.4, -0.2) is 14.8 Å². The average molecular weight is 172 g/mol. The molecule has 1 aromatic rings. The largest absolute Gasteiger partial charge is 0.334 e. The number of hydrogen-bond acceptors (Lipinski definition) is 3. The molecule has 1 unspecified atom stereocenters. The summed E-state index contributed by atoms with van der Waals surface area (Å²) in [6, 6.07) is 0. The number of nitrogens with zero attached hydrogens (tertiary/aromatic N) is 2. The quantitative estimate of drug-likeness (QED) is 0.509. The van der Waals surface area contributed by atoms with Crippen LogP contribution < -0.4 is 0 Å². The van der Waals surface area contributed by atoms with Crippen LogP contribution in [-0.2, 0) is 13.0 Å². The number of thiol groups is 1. The van der Waals surface area contributed by atoms with Gasteiger partial charge in [0.1, 0.15) is 5.82 Å². The minimum absolute atomic E-state index is 0.632. The highest BCUT2D eigenvalue weighted by Gasteiger charge is 2.20. The Labute approximate surface area is 68.8 Å². The fourth-order valence-electron chi connectivity index (χ4n) is 1.25. The summed E-state index contributed by atoms with van der Waals surface area (Å²) in [5.41, 5.74) is 0. The van der Waals surface area contributed by atoms with E-state index in [2.05, 4.69) is 21.2 Å². The first-order valence-electron chi connectivity index (χ1n) is 3.20. The summed E-state index contributed by atoms with van der Waals surface area (Å²) in [5.74, 6) is 1.20. The fraction of sp³-hybridized carbons (Fsp3) is 0.500. The molecular weight excluding hydrogens is 164 g/mol. The van der Waals surface area contributed by atoms with E-state index in [1.165, 1.54) is 5.82 Å². The third-order valence-corrected chi connectivity index (χ3v) is 3.27. The average Bonchev–Trinajstić information content (AvgIpc) is 2.42. The standard InChI is InChI=1S/C6H8N2S2/c9-10-5-3-6-7-1-2-8(6)4-5/h1-2,5,9H,3-4H2. The Balaban J connectivity index is 2.21. The first-order valence-corrected chi connectivity index (χ1v) is 5.13. The molecule has 0 bridgehead atoms. The van der Waals surface area contributed by atoms with Crippen LogP contribution in [0.3, 0.4) is 0 Å². The zero-order chi connectivity index (χ0) is 6.97. The first kappa shape index (κ1) is 6.61. The van der Waals surface area contributed by atoms with Crippen LogP contribution in [0.4, 0.5) is 0 Å². The predicted molar refractivity (Wildman–Crippen MR) is 46.3 cm³/mol. The number of fused-ring (bicyclic) bond motifs is 1. The maximum Gasteiger partial charge on any atom is 0.109 e. The van der Waals surface area contributed by atoms with E-state index in [1.807, 2.05) is 12.4 Å². The molecule has 0 N–H and O–H groups in total. The van der Waals surface area contributed by atoms with Crippen molar-refractivity contribution in [3.8, 4) is 0 Å². The minimum atomic E-state index is 0.632. The molecule has 0 fully saturated rings. The third kappa shape index (κ3) is 0.953. The highest BCUT2D eigenvalue weighted by molar-refractivity contribution is 8.68. The Hall–Kier alpha value is -0.0900. The molecule has 54 valence electrons. The van der Waals surface area contributed by atoms with Gasteiger partial charge in [0.2, 0.25) is 0 Å². The fourth-order valence-corrected chi connectivity index (χ4v) is 2.13. The van der Waals surface area contributed by atoms with Crippen LogP contribution in [0.1, 0.15) is 5.82 Å². The molecule has 0 saturated carbocycles. The van der Waals surface area contributed by atoms with Crippen molar-refractivity contribution >= 4 is 22.5 Å². The monoisotopic (exact) mass is 172 g/mol. The highest BCUT2D eigenvalue weighted by Crippen LogP contribution is 2.25. The summed E-state index contributed by atoms with van der Waals surface area (Å²) in [5, 5.41) is 0.632. The van der Waals surface area contributed by atoms with Gasteiger partial charge >= 0.3 is 0 Å². The molecule has 0 spiro atoms. The van der Waals surface area contributed by atoms with Crippen LogP contribution in [0.25, 0.3) is 0 Å². The number of rotatable bonds is 1. The summed E-state index contributed by atoms with van der Waals surface area (Å²) >= 11 is 4.17. The topological polar surface area (TPSA) is 17.8 Å². The molecule has 1 aliphatic rings. The lowest BCUT2D eigenvalue weighted by molar-refractivity contribution is 0.764. The van der Waals surface area contributed by atoms with Gasteiger partial charge in [0.15, 0.2) is 0 Å². The molecule has 0 aromatic carbocycles. The molecule has 2 rings (SSSR count). The van der Waals surface area contributed by atoms with Crippen molar-refractivity contribution in [3.05, 3.63) is 18.2 Å². The van der Waals surface area contributed by atoms with E-state index in [-0.39, 0.29) is 0 Å². The molecule has 0 radical (unpaired) electrons. The molecule has 10 heavy (non-hydrogen) atoms. The van der Waals surface area contributed by atoms with Crippen LogP contribution in [0.2, 0.25) is 0 Å². The number of imidazole rings is 1. The van der Waals surface area contributed by atoms with Crippen LogP contribution in [0, 0.1) is 0 Å². The van der Waals surface area contributed by atoms with Gasteiger partial charge in [-0.25, -0.2) is 4.98 Å². The molecule has 0 amide bonds. The van der Waals surface area contributed by atoms with Crippen molar-refractivity contribution < 1.29 is 0 Å². The molecule has 0 saturated heterocycles. The van der Waals surface area contributed by atoms with E-state index in [4.69, 9.17) is 0 Å². The Morgan fingerprint density at radius 2 is 2.70 bits per heavy atom. The second-order valence-electron chi connectivity index (χ2n) is 2.43. The lowest BCUT2D eigenvalue weighted by Crippen LogP contribution is -2.00. The van der Waals surface area contributed by atoms with Crippen molar-refractivity contribution in [2.24, 2.45) is 0 Å². The normalized spacial score (nSPS) is 23.1. The lowest BCUT2D eigenvalue weighted by Gasteiger charge is -2.00. The Kier molecular flexibility index (Phi) is 1.66. The maximum atomic E-state index is 4.21. The van der Waals surface area contributed by atoms with E-state index in [0.717, 1.165) is 13.0 Å². The molecule has 1 aromatic heterocycles. The van der Waals surface area contributed by atoms with Crippen molar-refractivity contribution in [2.75, 3.05) is 0 Å². The van der Waals surface area contributed by atoms with Gasteiger partial charge in [0, 0.05) is 30.6 Å². The Morgan fingerprint density at radius 3 is 3.40 bits per heavy atom. The zero-order valence-corrected chi connectivity index (χ0v) is 7.11. The van der Waals surface area contributed by atoms with Crippen LogP contribution in [0.15, 0.2) is 12.4 Å². The van der Waals surface area contributed by atoms with E-state index >= 15 is 0 Å². The van der Waals surface area contributed by atoms with E-state index in [0.29, 0.717) is 5.25 Å². The second kappa shape index (κ2) is 2.51. The summed E-state index contributed by atoms with van der Waals surface area (Å²) in [6.45, 7) is 1.07. The SMILES string of the molecule is SSC1Cc2nccn2C1. The molecule has 2 nitrogen and oxygen atoms in total. The molecule has 1 aliphatic heterocycles. The molecule has 1 atom stereocenters. The van der Waals surface area contributed by atoms with E-state index in [9.17, 15) is 0 Å². The van der Waals surface area contributed by atoms with Crippen molar-refractivity contribution in [2.45, 2.75) is 18.2 Å². The van der Waals surface area contributed by atoms with Gasteiger partial charge in [0.25, 0.3) is 0 Å². The third-order valence-electron chi connectivity index (χ3n) is 1.76. The zero-order valence-electron chi connectivity index (χ0n) is 5.40. The summed E-state index contributed by atoms with van der Waals surface area (Å²) < 4.78 is 2.19. The second-order valence-corrected chi connectivity index (χ2v) is 3.94. The van der Waals surface area contributed by atoms with Crippen molar-refractivity contribution in [1.29, 1.82) is 0 Å². The Bertz CT molecular complexity index is 213.